The highest BCUT2D eigenvalue weighted by molar-refractivity contribution is 8.13. The quantitative estimate of drug-likeness (QED) is 0.338. The molecule has 30 heavy (non-hydrogen) atoms. The van der Waals surface area contributed by atoms with Gasteiger partial charge in [-0.25, -0.2) is 9.79 Å². The Morgan fingerprint density at radius 3 is 2.60 bits per heavy atom. The van der Waals surface area contributed by atoms with Crippen LogP contribution < -0.4 is 10.2 Å². The highest BCUT2D eigenvalue weighted by atomic mass is 32.2. The van der Waals surface area contributed by atoms with Crippen molar-refractivity contribution in [2.24, 2.45) is 4.99 Å². The van der Waals surface area contributed by atoms with E-state index >= 15 is 0 Å². The van der Waals surface area contributed by atoms with Crippen LogP contribution in [-0.2, 0) is 4.74 Å². The number of aromatic nitrogens is 1. The van der Waals surface area contributed by atoms with Crippen LogP contribution in [0.15, 0.2) is 35.6 Å². The van der Waals surface area contributed by atoms with E-state index in [0.29, 0.717) is 31.3 Å². The number of thioether (sulfide) groups is 1. The van der Waals surface area contributed by atoms with Crippen LogP contribution in [0.3, 0.4) is 0 Å². The first-order valence-electron chi connectivity index (χ1n) is 9.70. The van der Waals surface area contributed by atoms with E-state index in [9.17, 15) is 4.79 Å². The number of amidine groups is 1. The third kappa shape index (κ3) is 5.13. The predicted octanol–water partition coefficient (Wildman–Crippen LogP) is 3.71. The maximum Gasteiger partial charge on any atom is 0.410 e. The number of aliphatic imine (C=N–C) groups is 1. The number of nitrogens with one attached hydrogen (secondary N) is 1. The Hall–Kier alpha value is -2.99. The summed E-state index contributed by atoms with van der Waals surface area (Å²) in [5, 5.41) is 14.0. The molecule has 1 aliphatic heterocycles. The summed E-state index contributed by atoms with van der Waals surface area (Å²) in [6.07, 6.45) is 7.06. The summed E-state index contributed by atoms with van der Waals surface area (Å²) in [5.41, 5.74) is 1.33. The third-order valence-electron chi connectivity index (χ3n) is 4.62. The molecule has 1 aliphatic rings. The van der Waals surface area contributed by atoms with Crippen LogP contribution in [0.25, 0.3) is 10.8 Å². The zero-order valence-electron chi connectivity index (χ0n) is 17.7. The summed E-state index contributed by atoms with van der Waals surface area (Å²) in [7, 11) is 0. The number of fused-ring (bicyclic) bond motifs is 1. The summed E-state index contributed by atoms with van der Waals surface area (Å²) in [6.45, 7) is 8.25. The maximum absolute atomic E-state index is 12.3. The van der Waals surface area contributed by atoms with Gasteiger partial charge in [-0.3, -0.25) is 10.3 Å². The van der Waals surface area contributed by atoms with E-state index in [1.54, 1.807) is 17.3 Å². The monoisotopic (exact) mass is 426 g/mol. The van der Waals surface area contributed by atoms with Crippen LogP contribution in [-0.4, -0.2) is 59.2 Å². The molecular formula is C21H26N6O2S. The van der Waals surface area contributed by atoms with E-state index in [1.165, 1.54) is 11.8 Å². The lowest BCUT2D eigenvalue weighted by molar-refractivity contribution is 0.0240. The van der Waals surface area contributed by atoms with Gasteiger partial charge in [0.15, 0.2) is 11.4 Å². The van der Waals surface area contributed by atoms with Gasteiger partial charge < -0.3 is 14.5 Å². The molecule has 0 aliphatic carbocycles. The SMILES string of the molecule is CSC(=Nc1ccc(N2CCN(C(=O)OC(C)(C)C)CC2)c2ccncc12)NC#N. The fourth-order valence-corrected chi connectivity index (χ4v) is 3.61. The van der Waals surface area contributed by atoms with Gasteiger partial charge in [-0.2, -0.15) is 5.26 Å². The number of piperazine rings is 1. The topological polar surface area (TPSA) is 93.8 Å². The van der Waals surface area contributed by atoms with Crippen molar-refractivity contribution in [2.45, 2.75) is 26.4 Å². The average Bonchev–Trinajstić information content (AvgIpc) is 2.72. The number of hydrogen-bond acceptors (Lipinski definition) is 7. The van der Waals surface area contributed by atoms with Gasteiger partial charge in [0.1, 0.15) is 5.60 Å². The summed E-state index contributed by atoms with van der Waals surface area (Å²) in [5.74, 6) is 0. The molecule has 1 aromatic carbocycles. The molecule has 0 radical (unpaired) electrons. The lowest BCUT2D eigenvalue weighted by Gasteiger charge is -2.37. The molecule has 0 bridgehead atoms. The minimum absolute atomic E-state index is 0.268. The van der Waals surface area contributed by atoms with Crippen molar-refractivity contribution < 1.29 is 9.53 Å². The van der Waals surface area contributed by atoms with Crippen molar-refractivity contribution in [3.63, 3.8) is 0 Å². The molecule has 1 aromatic heterocycles. The lowest BCUT2D eigenvalue weighted by atomic mass is 10.1. The number of anilines is 1. The molecule has 1 saturated heterocycles. The van der Waals surface area contributed by atoms with Gasteiger partial charge in [0.2, 0.25) is 0 Å². The zero-order valence-corrected chi connectivity index (χ0v) is 18.5. The standard InChI is InChI=1S/C21H26N6O2S/c1-21(2,3)29-20(28)27-11-9-26(10-12-27)18-6-5-17(25-19(30-4)24-14-22)16-13-23-8-7-15(16)18/h5-8,13H,9-12H2,1-4H3,(H,24,25). The summed E-state index contributed by atoms with van der Waals surface area (Å²) in [4.78, 5) is 25.2. The average molecular weight is 427 g/mol. The molecule has 8 nitrogen and oxygen atoms in total. The smallest absolute Gasteiger partial charge is 0.410 e. The first-order chi connectivity index (χ1) is 14.3. The normalized spacial score (nSPS) is 15.1. The number of hydrogen-bond donors (Lipinski definition) is 1. The Balaban J connectivity index is 1.82. The second-order valence-corrected chi connectivity index (χ2v) is 8.63. The molecule has 1 N–H and O–H groups in total. The first-order valence-corrected chi connectivity index (χ1v) is 10.9. The van der Waals surface area contributed by atoms with Gasteiger partial charge in [-0.1, -0.05) is 11.8 Å². The highest BCUT2D eigenvalue weighted by Gasteiger charge is 2.26. The zero-order chi connectivity index (χ0) is 21.7. The molecule has 0 atom stereocenters. The van der Waals surface area contributed by atoms with Crippen LogP contribution in [0.1, 0.15) is 20.8 Å². The fourth-order valence-electron chi connectivity index (χ4n) is 3.27. The van der Waals surface area contributed by atoms with Crippen molar-refractivity contribution >= 4 is 45.2 Å². The Morgan fingerprint density at radius 2 is 1.97 bits per heavy atom. The van der Waals surface area contributed by atoms with Crippen LogP contribution in [0.5, 0.6) is 0 Å². The Morgan fingerprint density at radius 1 is 1.23 bits per heavy atom. The maximum atomic E-state index is 12.3. The van der Waals surface area contributed by atoms with E-state index in [2.05, 4.69) is 20.2 Å². The van der Waals surface area contributed by atoms with Crippen LogP contribution in [0.4, 0.5) is 16.2 Å². The van der Waals surface area contributed by atoms with Gasteiger partial charge in [-0.15, -0.1) is 0 Å². The first kappa shape index (κ1) is 21.7. The molecule has 9 heteroatoms. The van der Waals surface area contributed by atoms with Crippen molar-refractivity contribution in [3.05, 3.63) is 30.6 Å². The molecule has 0 unspecified atom stereocenters. The number of pyridine rings is 1. The third-order valence-corrected chi connectivity index (χ3v) is 5.20. The fraction of sp³-hybridized carbons (Fsp3) is 0.429. The largest absolute Gasteiger partial charge is 0.444 e. The van der Waals surface area contributed by atoms with E-state index in [1.807, 2.05) is 51.4 Å². The number of carbonyl (C=O) groups excluding carboxylic acids is 1. The highest BCUT2D eigenvalue weighted by Crippen LogP contribution is 2.34. The van der Waals surface area contributed by atoms with Gasteiger partial charge in [0.25, 0.3) is 0 Å². The van der Waals surface area contributed by atoms with Crippen molar-refractivity contribution in [1.29, 1.82) is 5.26 Å². The number of nitriles is 1. The Labute approximate surface area is 180 Å². The number of ether oxygens (including phenoxy) is 1. The number of rotatable bonds is 2. The van der Waals surface area contributed by atoms with Crippen LogP contribution in [0, 0.1) is 11.5 Å². The molecule has 3 rings (SSSR count). The number of benzene rings is 1. The summed E-state index contributed by atoms with van der Waals surface area (Å²) < 4.78 is 5.49. The van der Waals surface area contributed by atoms with Crippen LogP contribution >= 0.6 is 11.8 Å². The molecule has 158 valence electrons. The number of carbonyl (C=O) groups is 1. The van der Waals surface area contributed by atoms with Gasteiger partial charge in [0.05, 0.1) is 5.69 Å². The van der Waals surface area contributed by atoms with Crippen molar-refractivity contribution in [3.8, 4) is 6.19 Å². The predicted molar refractivity (Wildman–Crippen MR) is 121 cm³/mol. The van der Waals surface area contributed by atoms with Gasteiger partial charge in [0, 0.05) is 55.0 Å². The van der Waals surface area contributed by atoms with Gasteiger partial charge in [-0.05, 0) is 45.2 Å². The number of nitrogens with zero attached hydrogens (tertiary/aromatic N) is 5. The molecule has 2 heterocycles. The van der Waals surface area contributed by atoms with E-state index < -0.39 is 5.60 Å². The van der Waals surface area contributed by atoms with E-state index in [4.69, 9.17) is 10.00 Å². The summed E-state index contributed by atoms with van der Waals surface area (Å²) in [6, 6.07) is 5.95. The second kappa shape index (κ2) is 9.22. The molecular weight excluding hydrogens is 400 g/mol. The van der Waals surface area contributed by atoms with E-state index in [-0.39, 0.29) is 6.09 Å². The minimum atomic E-state index is -0.496. The molecule has 2 aromatic rings. The van der Waals surface area contributed by atoms with Crippen LogP contribution in [0.2, 0.25) is 0 Å². The molecule has 1 amide bonds. The van der Waals surface area contributed by atoms with Crippen molar-refractivity contribution in [1.82, 2.24) is 15.2 Å². The van der Waals surface area contributed by atoms with Crippen molar-refractivity contribution in [2.75, 3.05) is 37.3 Å². The lowest BCUT2D eigenvalue weighted by Crippen LogP contribution is -2.50. The number of amides is 1. The molecule has 0 saturated carbocycles. The Kier molecular flexibility index (Phi) is 6.67. The Bertz CT molecular complexity index is 987. The minimum Gasteiger partial charge on any atom is -0.444 e. The van der Waals surface area contributed by atoms with E-state index in [0.717, 1.165) is 22.1 Å². The molecule has 1 fully saturated rings. The molecule has 0 spiro atoms. The van der Waals surface area contributed by atoms with Gasteiger partial charge >= 0.3 is 6.09 Å². The summed E-state index contributed by atoms with van der Waals surface area (Å²) >= 11 is 1.37. The second-order valence-electron chi connectivity index (χ2n) is 7.84.